The molecular formula is C10H14BrN3O6S. The van der Waals surface area contributed by atoms with Gasteiger partial charge in [0, 0.05) is 33.3 Å². The van der Waals surface area contributed by atoms with E-state index >= 15 is 0 Å². The largest absolute Gasteiger partial charge is 0.475 e. The summed E-state index contributed by atoms with van der Waals surface area (Å²) < 4.78 is 30.7. The van der Waals surface area contributed by atoms with Crippen LogP contribution in [0.15, 0.2) is 20.0 Å². The monoisotopic (exact) mass is 383 g/mol. The van der Waals surface area contributed by atoms with E-state index in [1.54, 1.807) is 14.1 Å². The molecular weight excluding hydrogens is 370 g/mol. The quantitative estimate of drug-likeness (QED) is 0.605. The number of carbonyl (C=O) groups excluding carboxylic acids is 1. The van der Waals surface area contributed by atoms with Crippen LogP contribution in [-0.4, -0.2) is 57.6 Å². The smallest absolute Gasteiger partial charge is 0.371 e. The highest BCUT2D eigenvalue weighted by Gasteiger charge is 2.24. The second-order valence-electron chi connectivity index (χ2n) is 4.08. The number of amides is 2. The molecule has 0 atom stereocenters. The fourth-order valence-corrected chi connectivity index (χ4v) is 3.20. The molecule has 0 bridgehead atoms. The first-order valence-electron chi connectivity index (χ1n) is 5.62. The molecule has 9 nitrogen and oxygen atoms in total. The molecule has 1 rings (SSSR count). The summed E-state index contributed by atoms with van der Waals surface area (Å²) in [6.45, 7) is 0.0272. The van der Waals surface area contributed by atoms with Crippen LogP contribution in [0.2, 0.25) is 0 Å². The minimum atomic E-state index is -3.94. The van der Waals surface area contributed by atoms with Gasteiger partial charge < -0.3 is 19.7 Å². The molecule has 11 heteroatoms. The van der Waals surface area contributed by atoms with Crippen molar-refractivity contribution in [2.45, 2.75) is 4.90 Å². The van der Waals surface area contributed by atoms with Gasteiger partial charge in [0.25, 0.3) is 0 Å². The molecule has 0 radical (unpaired) electrons. The first-order valence-corrected chi connectivity index (χ1v) is 7.90. The molecule has 0 fully saturated rings. The highest BCUT2D eigenvalue weighted by molar-refractivity contribution is 9.10. The normalized spacial score (nSPS) is 11.2. The number of halogens is 1. The maximum Gasteiger partial charge on any atom is 0.371 e. The SMILES string of the molecule is CN(C)C(=O)NCCNS(=O)(=O)c1cc(C(=O)O)oc1Br. The van der Waals surface area contributed by atoms with Gasteiger partial charge in [0.15, 0.2) is 4.67 Å². The van der Waals surface area contributed by atoms with E-state index in [-0.39, 0.29) is 28.7 Å². The number of nitrogens with zero attached hydrogens (tertiary/aromatic N) is 1. The van der Waals surface area contributed by atoms with Crippen LogP contribution in [0.25, 0.3) is 0 Å². The zero-order chi connectivity index (χ0) is 16.2. The summed E-state index contributed by atoms with van der Waals surface area (Å²) in [4.78, 5) is 22.9. The second-order valence-corrected chi connectivity index (χ2v) is 6.53. The van der Waals surface area contributed by atoms with Gasteiger partial charge in [-0.2, -0.15) is 0 Å². The van der Waals surface area contributed by atoms with E-state index < -0.39 is 21.8 Å². The number of nitrogens with one attached hydrogen (secondary N) is 2. The maximum absolute atomic E-state index is 12.0. The molecule has 0 aromatic carbocycles. The topological polar surface area (TPSA) is 129 Å². The fourth-order valence-electron chi connectivity index (χ4n) is 1.23. The predicted octanol–water partition coefficient (Wildman–Crippen LogP) is 0.290. The van der Waals surface area contributed by atoms with Gasteiger partial charge in [0.1, 0.15) is 4.90 Å². The van der Waals surface area contributed by atoms with Crippen LogP contribution in [0.3, 0.4) is 0 Å². The lowest BCUT2D eigenvalue weighted by molar-refractivity contribution is 0.0661. The summed E-state index contributed by atoms with van der Waals surface area (Å²) >= 11 is 2.85. The van der Waals surface area contributed by atoms with E-state index in [4.69, 9.17) is 9.52 Å². The number of rotatable bonds is 6. The molecule has 0 aliphatic carbocycles. The number of urea groups is 1. The van der Waals surface area contributed by atoms with Crippen molar-refractivity contribution in [2.75, 3.05) is 27.2 Å². The van der Waals surface area contributed by atoms with Crippen LogP contribution < -0.4 is 10.0 Å². The predicted molar refractivity (Wildman–Crippen MR) is 75.6 cm³/mol. The van der Waals surface area contributed by atoms with Crippen LogP contribution >= 0.6 is 15.9 Å². The number of carboxylic acid groups (broad SMARTS) is 1. The standard InChI is InChI=1S/C10H14BrN3O6S/c1-14(2)10(17)12-3-4-13-21(18,19)7-5-6(9(15)16)20-8(7)11/h5,13H,3-4H2,1-2H3,(H,12,17)(H,15,16). The Hall–Kier alpha value is -1.59. The number of furan rings is 1. The average molecular weight is 384 g/mol. The highest BCUT2D eigenvalue weighted by atomic mass is 79.9. The van der Waals surface area contributed by atoms with Gasteiger partial charge in [-0.3, -0.25) is 0 Å². The van der Waals surface area contributed by atoms with Crippen molar-refractivity contribution in [1.29, 1.82) is 0 Å². The third kappa shape index (κ3) is 4.72. The molecule has 0 saturated carbocycles. The summed E-state index contributed by atoms with van der Waals surface area (Å²) in [7, 11) is -0.838. The van der Waals surface area contributed by atoms with Crippen LogP contribution in [0.4, 0.5) is 4.79 Å². The zero-order valence-corrected chi connectivity index (χ0v) is 13.6. The Labute approximate surface area is 129 Å². The van der Waals surface area contributed by atoms with Crippen LogP contribution in [0, 0.1) is 0 Å². The fraction of sp³-hybridized carbons (Fsp3) is 0.400. The molecule has 0 aliphatic rings. The lowest BCUT2D eigenvalue weighted by Crippen LogP contribution is -2.39. The minimum absolute atomic E-state index is 0.0536. The Kier molecular flexibility index (Phi) is 5.75. The van der Waals surface area contributed by atoms with Gasteiger partial charge in [-0.15, -0.1) is 0 Å². The number of sulfonamides is 1. The van der Waals surface area contributed by atoms with Crippen molar-refractivity contribution in [3.05, 3.63) is 16.5 Å². The highest BCUT2D eigenvalue weighted by Crippen LogP contribution is 2.25. The second kappa shape index (κ2) is 6.91. The van der Waals surface area contributed by atoms with Crippen LogP contribution in [0.1, 0.15) is 10.6 Å². The van der Waals surface area contributed by atoms with E-state index in [1.807, 2.05) is 0 Å². The molecule has 21 heavy (non-hydrogen) atoms. The van der Waals surface area contributed by atoms with Crippen molar-refractivity contribution in [2.24, 2.45) is 0 Å². The molecule has 1 aromatic heterocycles. The molecule has 1 heterocycles. The Morgan fingerprint density at radius 1 is 1.38 bits per heavy atom. The third-order valence-electron chi connectivity index (χ3n) is 2.26. The van der Waals surface area contributed by atoms with Gasteiger partial charge in [-0.25, -0.2) is 22.7 Å². The summed E-state index contributed by atoms with van der Waals surface area (Å²) in [6, 6.07) is 0.541. The Morgan fingerprint density at radius 3 is 2.48 bits per heavy atom. The van der Waals surface area contributed by atoms with Crippen LogP contribution in [-0.2, 0) is 10.0 Å². The first-order chi connectivity index (χ1) is 9.65. The molecule has 0 saturated heterocycles. The van der Waals surface area contributed by atoms with Crippen molar-refractivity contribution in [1.82, 2.24) is 14.9 Å². The van der Waals surface area contributed by atoms with E-state index in [0.717, 1.165) is 6.07 Å². The summed E-state index contributed by atoms with van der Waals surface area (Å²) in [5.74, 6) is -1.88. The number of hydrogen-bond donors (Lipinski definition) is 3. The van der Waals surface area contributed by atoms with Crippen LogP contribution in [0.5, 0.6) is 0 Å². The number of carboxylic acids is 1. The molecule has 118 valence electrons. The Bertz CT molecular complexity index is 639. The van der Waals surface area contributed by atoms with E-state index in [0.29, 0.717) is 0 Å². The number of hydrogen-bond acceptors (Lipinski definition) is 5. The maximum atomic E-state index is 12.0. The molecule has 2 amide bonds. The van der Waals surface area contributed by atoms with Gasteiger partial charge in [0.2, 0.25) is 15.8 Å². The number of aromatic carboxylic acids is 1. The van der Waals surface area contributed by atoms with Crippen molar-refractivity contribution >= 4 is 38.0 Å². The summed E-state index contributed by atoms with van der Waals surface area (Å²) in [5, 5.41) is 11.2. The Balaban J connectivity index is 2.66. The lowest BCUT2D eigenvalue weighted by Gasteiger charge is -2.12. The van der Waals surface area contributed by atoms with Crippen molar-refractivity contribution in [3.8, 4) is 0 Å². The molecule has 0 aliphatic heterocycles. The molecule has 0 spiro atoms. The zero-order valence-electron chi connectivity index (χ0n) is 11.2. The van der Waals surface area contributed by atoms with Gasteiger partial charge in [-0.1, -0.05) is 0 Å². The first kappa shape index (κ1) is 17.5. The number of carbonyl (C=O) groups is 2. The Morgan fingerprint density at radius 2 is 2.00 bits per heavy atom. The van der Waals surface area contributed by atoms with Gasteiger partial charge in [-0.05, 0) is 15.9 Å². The lowest BCUT2D eigenvalue weighted by atomic mass is 10.5. The molecule has 0 unspecified atom stereocenters. The third-order valence-corrected chi connectivity index (χ3v) is 4.57. The molecule has 1 aromatic rings. The van der Waals surface area contributed by atoms with E-state index in [9.17, 15) is 18.0 Å². The summed E-state index contributed by atoms with van der Waals surface area (Å²) in [6.07, 6.45) is 0. The van der Waals surface area contributed by atoms with Gasteiger partial charge in [0.05, 0.1) is 0 Å². The van der Waals surface area contributed by atoms with E-state index in [2.05, 4.69) is 26.0 Å². The van der Waals surface area contributed by atoms with E-state index in [1.165, 1.54) is 4.90 Å². The van der Waals surface area contributed by atoms with Crippen molar-refractivity contribution < 1.29 is 27.5 Å². The summed E-state index contributed by atoms with van der Waals surface area (Å²) in [5.41, 5.74) is 0. The van der Waals surface area contributed by atoms with Crippen molar-refractivity contribution in [3.63, 3.8) is 0 Å². The minimum Gasteiger partial charge on any atom is -0.475 e. The average Bonchev–Trinajstić information content (AvgIpc) is 2.77. The van der Waals surface area contributed by atoms with Gasteiger partial charge >= 0.3 is 12.0 Å². The molecule has 3 N–H and O–H groups in total.